The summed E-state index contributed by atoms with van der Waals surface area (Å²) < 4.78 is 0. The molecule has 28 heavy (non-hydrogen) atoms. The smallest absolute Gasteiger partial charge is 0.269 e. The molecular weight excluding hydrogens is 419 g/mol. The summed E-state index contributed by atoms with van der Waals surface area (Å²) in [5, 5.41) is 13.2. The summed E-state index contributed by atoms with van der Waals surface area (Å²) in [7, 11) is 0. The number of H-pyrrole nitrogens is 1. The Hall–Kier alpha value is -2.01. The first-order valence-electron chi connectivity index (χ1n) is 8.89. The number of amides is 1. The number of carbonyl (C=O) groups excluding carboxylic acids is 1. The van der Waals surface area contributed by atoms with Crippen molar-refractivity contribution in [2.24, 2.45) is 0 Å². The number of nitriles is 1. The summed E-state index contributed by atoms with van der Waals surface area (Å²) in [6.45, 7) is 0. The van der Waals surface area contributed by atoms with E-state index in [1.165, 1.54) is 0 Å². The Morgan fingerprint density at radius 3 is 2.57 bits per heavy atom. The van der Waals surface area contributed by atoms with Crippen molar-refractivity contribution in [1.29, 1.82) is 5.26 Å². The summed E-state index contributed by atoms with van der Waals surface area (Å²) >= 11 is 13.0. The van der Waals surface area contributed by atoms with Crippen molar-refractivity contribution in [2.45, 2.75) is 43.2 Å². The minimum Gasteiger partial charge on any atom is -0.325 e. The highest BCUT2D eigenvalue weighted by atomic mass is 35.5. The highest BCUT2D eigenvalue weighted by Gasteiger charge is 2.23. The fourth-order valence-corrected chi connectivity index (χ4v) is 4.47. The van der Waals surface area contributed by atoms with Crippen molar-refractivity contribution >= 4 is 46.6 Å². The Kier molecular flexibility index (Phi) is 7.00. The van der Waals surface area contributed by atoms with E-state index < -0.39 is 5.56 Å². The Balaban J connectivity index is 1.71. The van der Waals surface area contributed by atoms with Crippen LogP contribution in [-0.4, -0.2) is 21.6 Å². The van der Waals surface area contributed by atoms with Crippen LogP contribution < -0.4 is 10.9 Å². The van der Waals surface area contributed by atoms with Gasteiger partial charge < -0.3 is 10.3 Å². The number of anilines is 1. The maximum atomic E-state index is 12.3. The summed E-state index contributed by atoms with van der Waals surface area (Å²) in [5.74, 6) is -0.120. The van der Waals surface area contributed by atoms with E-state index in [-0.39, 0.29) is 23.1 Å². The number of hydrogen-bond donors (Lipinski definition) is 2. The number of rotatable bonds is 5. The first-order valence-corrected chi connectivity index (χ1v) is 10.6. The second kappa shape index (κ2) is 9.46. The standard InChI is InChI=1S/C19H18Cl2N4O2S/c20-12-6-13(21)8-14(7-12)23-16(26)10-28-19-24-17(11-4-2-1-3-5-11)15(9-22)18(27)25-19/h6-8,11H,1-5,10H2,(H,23,26)(H,24,25,27). The molecule has 1 aliphatic carbocycles. The van der Waals surface area contributed by atoms with Gasteiger partial charge in [0.05, 0.1) is 11.4 Å². The molecule has 1 amide bonds. The van der Waals surface area contributed by atoms with E-state index in [0.29, 0.717) is 26.6 Å². The van der Waals surface area contributed by atoms with E-state index in [4.69, 9.17) is 23.2 Å². The monoisotopic (exact) mass is 436 g/mol. The Morgan fingerprint density at radius 2 is 1.93 bits per heavy atom. The lowest BCUT2D eigenvalue weighted by molar-refractivity contribution is -0.113. The highest BCUT2D eigenvalue weighted by molar-refractivity contribution is 7.99. The number of benzene rings is 1. The van der Waals surface area contributed by atoms with Crippen LogP contribution in [0.4, 0.5) is 5.69 Å². The number of aromatic amines is 1. The van der Waals surface area contributed by atoms with E-state index in [1.807, 2.05) is 6.07 Å². The molecule has 1 heterocycles. The van der Waals surface area contributed by atoms with Crippen LogP contribution in [0.2, 0.25) is 10.0 Å². The number of thioether (sulfide) groups is 1. The molecule has 6 nitrogen and oxygen atoms in total. The highest BCUT2D eigenvalue weighted by Crippen LogP contribution is 2.33. The Morgan fingerprint density at radius 1 is 1.25 bits per heavy atom. The summed E-state index contributed by atoms with van der Waals surface area (Å²) in [6, 6.07) is 6.74. The molecule has 1 aromatic carbocycles. The molecule has 0 radical (unpaired) electrons. The van der Waals surface area contributed by atoms with Gasteiger partial charge in [0.1, 0.15) is 11.6 Å². The lowest BCUT2D eigenvalue weighted by Crippen LogP contribution is -2.21. The zero-order chi connectivity index (χ0) is 20.1. The van der Waals surface area contributed by atoms with Crippen LogP contribution in [0.5, 0.6) is 0 Å². The SMILES string of the molecule is N#Cc1c(C2CCCCC2)nc(SCC(=O)Nc2cc(Cl)cc(Cl)c2)[nH]c1=O. The van der Waals surface area contributed by atoms with E-state index in [0.717, 1.165) is 43.9 Å². The molecule has 3 rings (SSSR count). The largest absolute Gasteiger partial charge is 0.325 e. The molecule has 1 fully saturated rings. The van der Waals surface area contributed by atoms with Crippen LogP contribution in [0.15, 0.2) is 28.2 Å². The maximum Gasteiger partial charge on any atom is 0.269 e. The Labute approximate surface area is 176 Å². The summed E-state index contributed by atoms with van der Waals surface area (Å²) in [4.78, 5) is 31.6. The molecule has 9 heteroatoms. The van der Waals surface area contributed by atoms with Crippen LogP contribution in [-0.2, 0) is 4.79 Å². The second-order valence-electron chi connectivity index (χ2n) is 6.57. The van der Waals surface area contributed by atoms with Gasteiger partial charge in [-0.15, -0.1) is 0 Å². The predicted molar refractivity (Wildman–Crippen MR) is 111 cm³/mol. The lowest BCUT2D eigenvalue weighted by Gasteiger charge is -2.21. The fraction of sp³-hybridized carbons (Fsp3) is 0.368. The van der Waals surface area contributed by atoms with Crippen molar-refractivity contribution < 1.29 is 4.79 Å². The van der Waals surface area contributed by atoms with Crippen molar-refractivity contribution in [3.8, 4) is 6.07 Å². The van der Waals surface area contributed by atoms with Gasteiger partial charge in [0, 0.05) is 21.7 Å². The van der Waals surface area contributed by atoms with Gasteiger partial charge in [-0.1, -0.05) is 54.2 Å². The van der Waals surface area contributed by atoms with E-state index in [1.54, 1.807) is 18.2 Å². The van der Waals surface area contributed by atoms with Gasteiger partial charge in [-0.2, -0.15) is 5.26 Å². The second-order valence-corrected chi connectivity index (χ2v) is 8.41. The minimum atomic E-state index is -0.456. The first-order chi connectivity index (χ1) is 13.5. The van der Waals surface area contributed by atoms with Crippen molar-refractivity contribution in [3.63, 3.8) is 0 Å². The zero-order valence-corrected chi connectivity index (χ0v) is 17.3. The molecular formula is C19H18Cl2N4O2S. The van der Waals surface area contributed by atoms with Crippen LogP contribution in [0.3, 0.4) is 0 Å². The van der Waals surface area contributed by atoms with E-state index >= 15 is 0 Å². The molecule has 0 bridgehead atoms. The Bertz CT molecular complexity index is 961. The van der Waals surface area contributed by atoms with Gasteiger partial charge in [0.2, 0.25) is 5.91 Å². The number of hydrogen-bond acceptors (Lipinski definition) is 5. The van der Waals surface area contributed by atoms with Crippen molar-refractivity contribution in [1.82, 2.24) is 9.97 Å². The predicted octanol–water partition coefficient (Wildman–Crippen LogP) is 4.73. The van der Waals surface area contributed by atoms with Gasteiger partial charge in [0.15, 0.2) is 5.16 Å². The van der Waals surface area contributed by atoms with E-state index in [9.17, 15) is 14.9 Å². The van der Waals surface area contributed by atoms with Crippen LogP contribution in [0, 0.1) is 11.3 Å². The average molecular weight is 437 g/mol. The number of nitrogens with one attached hydrogen (secondary N) is 2. The molecule has 0 unspecified atom stereocenters. The molecule has 1 aromatic heterocycles. The van der Waals surface area contributed by atoms with Crippen molar-refractivity contribution in [3.05, 3.63) is 49.9 Å². The summed E-state index contributed by atoms with van der Waals surface area (Å²) in [6.07, 6.45) is 5.14. The quantitative estimate of drug-likeness (QED) is 0.521. The lowest BCUT2D eigenvalue weighted by atomic mass is 9.85. The number of carbonyl (C=O) groups is 1. The number of aromatic nitrogens is 2. The van der Waals surface area contributed by atoms with Gasteiger partial charge >= 0.3 is 0 Å². The molecule has 0 spiro atoms. The molecule has 1 aliphatic rings. The topological polar surface area (TPSA) is 98.6 Å². The summed E-state index contributed by atoms with van der Waals surface area (Å²) in [5.41, 5.74) is 0.666. The zero-order valence-electron chi connectivity index (χ0n) is 14.9. The van der Waals surface area contributed by atoms with Gasteiger partial charge in [0.25, 0.3) is 5.56 Å². The molecule has 0 atom stereocenters. The molecule has 2 N–H and O–H groups in total. The molecule has 0 aliphatic heterocycles. The molecule has 146 valence electrons. The van der Waals surface area contributed by atoms with Crippen molar-refractivity contribution in [2.75, 3.05) is 11.1 Å². The maximum absolute atomic E-state index is 12.3. The van der Waals surface area contributed by atoms with Gasteiger partial charge in [-0.05, 0) is 31.0 Å². The third-order valence-corrected chi connectivity index (χ3v) is 5.83. The number of halogens is 2. The molecule has 1 saturated carbocycles. The third kappa shape index (κ3) is 5.28. The molecule has 0 saturated heterocycles. The first kappa shape index (κ1) is 20.7. The van der Waals surface area contributed by atoms with Crippen LogP contribution >= 0.6 is 35.0 Å². The number of nitrogens with zero attached hydrogens (tertiary/aromatic N) is 2. The van der Waals surface area contributed by atoms with E-state index in [2.05, 4.69) is 15.3 Å². The normalized spacial score (nSPS) is 14.5. The average Bonchev–Trinajstić information content (AvgIpc) is 2.66. The van der Waals surface area contributed by atoms with Crippen LogP contribution in [0.25, 0.3) is 0 Å². The van der Waals surface area contributed by atoms with Gasteiger partial charge in [-0.25, -0.2) is 4.98 Å². The molecule has 2 aromatic rings. The third-order valence-electron chi connectivity index (χ3n) is 4.52. The minimum absolute atomic E-state index is 0.0447. The fourth-order valence-electron chi connectivity index (χ4n) is 3.27. The van der Waals surface area contributed by atoms with Gasteiger partial charge in [-0.3, -0.25) is 9.59 Å². The van der Waals surface area contributed by atoms with Crippen LogP contribution in [0.1, 0.15) is 49.3 Å².